The fourth-order valence-electron chi connectivity index (χ4n) is 2.34. The maximum absolute atomic E-state index is 13.4. The van der Waals surface area contributed by atoms with Gasteiger partial charge in [-0.1, -0.05) is 25.7 Å². The van der Waals surface area contributed by atoms with Gasteiger partial charge in [-0.2, -0.15) is 0 Å². The van der Waals surface area contributed by atoms with Gasteiger partial charge in [-0.3, -0.25) is 0 Å². The molecule has 1 aromatic carbocycles. The second kappa shape index (κ2) is 9.45. The highest BCUT2D eigenvalue weighted by Crippen LogP contribution is 2.24. The van der Waals surface area contributed by atoms with Gasteiger partial charge in [-0.25, -0.2) is 22.0 Å². The summed E-state index contributed by atoms with van der Waals surface area (Å²) in [6.07, 6.45) is 3.46. The Hall–Kier alpha value is -1.03. The van der Waals surface area contributed by atoms with Gasteiger partial charge in [0, 0.05) is 18.7 Å². The van der Waals surface area contributed by atoms with Crippen LogP contribution in [0, 0.1) is 29.1 Å². The van der Waals surface area contributed by atoms with E-state index in [1.807, 2.05) is 0 Å². The predicted octanol–water partition coefficient (Wildman–Crippen LogP) is 3.84. The Morgan fingerprint density at radius 1 is 0.708 bits per heavy atom. The molecule has 0 saturated heterocycles. The highest BCUT2D eigenvalue weighted by atomic mass is 28.4. The van der Waals surface area contributed by atoms with Crippen LogP contribution in [0.15, 0.2) is 0 Å². The Bertz CT molecular complexity index is 525. The molecule has 0 atom stereocenters. The monoisotopic (exact) mass is 372 g/mol. The van der Waals surface area contributed by atoms with Crippen molar-refractivity contribution in [3.05, 3.63) is 34.6 Å². The largest absolute Gasteiger partial charge is 0.495 e. The summed E-state index contributed by atoms with van der Waals surface area (Å²) in [5, 5.41) is 0. The van der Waals surface area contributed by atoms with Crippen molar-refractivity contribution in [3.8, 4) is 0 Å². The Balaban J connectivity index is 2.32. The lowest BCUT2D eigenvalue weighted by atomic mass is 10.0. The van der Waals surface area contributed by atoms with Crippen molar-refractivity contribution in [1.29, 1.82) is 0 Å². The molecule has 0 aliphatic carbocycles. The van der Waals surface area contributed by atoms with Gasteiger partial charge in [0.2, 0.25) is 5.82 Å². The number of hydrogen-bond donors (Lipinski definition) is 2. The molecule has 9 heteroatoms. The van der Waals surface area contributed by atoms with Gasteiger partial charge in [0.05, 0.1) is 0 Å². The van der Waals surface area contributed by atoms with Crippen molar-refractivity contribution in [1.82, 2.24) is 0 Å². The van der Waals surface area contributed by atoms with Crippen LogP contribution in [0.3, 0.4) is 0 Å². The Morgan fingerprint density at radius 2 is 1.12 bits per heavy atom. The number of hydrogen-bond acceptors (Lipinski definition) is 3. The van der Waals surface area contributed by atoms with Crippen LogP contribution >= 0.6 is 0 Å². The van der Waals surface area contributed by atoms with E-state index in [0.29, 0.717) is 25.7 Å². The lowest BCUT2D eigenvalue weighted by Crippen LogP contribution is -2.37. The van der Waals surface area contributed by atoms with Crippen LogP contribution in [0.5, 0.6) is 0 Å². The summed E-state index contributed by atoms with van der Waals surface area (Å²) in [6.45, 7) is 0. The average Bonchev–Trinajstić information content (AvgIpc) is 2.56. The first kappa shape index (κ1) is 21.0. The number of unbranched alkanes of at least 4 members (excludes halogenated alkanes) is 5. The number of halogens is 5. The van der Waals surface area contributed by atoms with E-state index in [-0.39, 0.29) is 12.5 Å². The first-order valence-electron chi connectivity index (χ1n) is 7.71. The van der Waals surface area contributed by atoms with Gasteiger partial charge in [0.15, 0.2) is 23.3 Å². The van der Waals surface area contributed by atoms with Gasteiger partial charge in [-0.15, -0.1) is 0 Å². The summed E-state index contributed by atoms with van der Waals surface area (Å²) in [4.78, 5) is 18.6. The first-order valence-corrected chi connectivity index (χ1v) is 9.72. The van der Waals surface area contributed by atoms with Crippen molar-refractivity contribution in [3.63, 3.8) is 0 Å². The minimum Gasteiger partial charge on any atom is -0.390 e. The van der Waals surface area contributed by atoms with Gasteiger partial charge in [-0.05, 0) is 19.3 Å². The number of rotatable bonds is 10. The molecule has 3 nitrogen and oxygen atoms in total. The molecule has 0 unspecified atom stereocenters. The standard InChI is InChI=1S/C15H21F5O3Si/c1-23-24(21,22)9-7-5-3-2-4-6-8-10-11(16)13(18)15(20)14(19)12(10)17/h21-22H,2-9H2,1H3. The van der Waals surface area contributed by atoms with Crippen LogP contribution in [-0.2, 0) is 10.8 Å². The zero-order chi connectivity index (χ0) is 18.3. The summed E-state index contributed by atoms with van der Waals surface area (Å²) < 4.78 is 70.4. The van der Waals surface area contributed by atoms with E-state index in [1.54, 1.807) is 0 Å². The van der Waals surface area contributed by atoms with Crippen LogP contribution < -0.4 is 0 Å². The summed E-state index contributed by atoms with van der Waals surface area (Å²) in [5.74, 6) is -9.50. The topological polar surface area (TPSA) is 49.7 Å². The maximum atomic E-state index is 13.4. The van der Waals surface area contributed by atoms with Crippen molar-refractivity contribution in [2.24, 2.45) is 0 Å². The fourth-order valence-corrected chi connectivity index (χ4v) is 3.25. The SMILES string of the molecule is CO[Si](O)(O)CCCCCCCCc1c(F)c(F)c(F)c(F)c1F. The minimum absolute atomic E-state index is 0.202. The van der Waals surface area contributed by atoms with E-state index in [2.05, 4.69) is 4.43 Å². The van der Waals surface area contributed by atoms with Crippen LogP contribution in [0.2, 0.25) is 6.04 Å². The second-order valence-corrected chi connectivity index (χ2v) is 8.01. The third-order valence-electron chi connectivity index (χ3n) is 3.81. The molecule has 0 aliphatic heterocycles. The molecule has 24 heavy (non-hydrogen) atoms. The predicted molar refractivity (Wildman–Crippen MR) is 79.6 cm³/mol. The zero-order valence-electron chi connectivity index (χ0n) is 13.3. The van der Waals surface area contributed by atoms with Crippen LogP contribution in [-0.4, -0.2) is 25.5 Å². The number of benzene rings is 1. The smallest absolute Gasteiger partial charge is 0.390 e. The summed E-state index contributed by atoms with van der Waals surface area (Å²) in [5.41, 5.74) is -0.775. The molecular formula is C15H21F5O3Si. The van der Waals surface area contributed by atoms with Crippen LogP contribution in [0.25, 0.3) is 0 Å². The lowest BCUT2D eigenvalue weighted by Gasteiger charge is -2.13. The van der Waals surface area contributed by atoms with Crippen LogP contribution in [0.4, 0.5) is 22.0 Å². The van der Waals surface area contributed by atoms with Gasteiger partial charge in [0.25, 0.3) is 0 Å². The molecule has 0 aromatic heterocycles. The van der Waals surface area contributed by atoms with Crippen molar-refractivity contribution in [2.75, 3.05) is 7.11 Å². The highest BCUT2D eigenvalue weighted by Gasteiger charge is 2.29. The van der Waals surface area contributed by atoms with E-state index in [4.69, 9.17) is 0 Å². The lowest BCUT2D eigenvalue weighted by molar-refractivity contribution is 0.183. The second-order valence-electron chi connectivity index (χ2n) is 5.62. The minimum atomic E-state index is -3.51. The Morgan fingerprint density at radius 3 is 1.62 bits per heavy atom. The van der Waals surface area contributed by atoms with Crippen LogP contribution in [0.1, 0.15) is 44.1 Å². The van der Waals surface area contributed by atoms with Gasteiger partial charge < -0.3 is 14.0 Å². The molecule has 0 radical (unpaired) electrons. The van der Waals surface area contributed by atoms with E-state index < -0.39 is 43.5 Å². The van der Waals surface area contributed by atoms with Gasteiger partial charge >= 0.3 is 8.80 Å². The van der Waals surface area contributed by atoms with Crippen molar-refractivity contribution >= 4 is 8.80 Å². The molecule has 0 aliphatic rings. The molecule has 0 amide bonds. The Kier molecular flexibility index (Phi) is 8.27. The van der Waals surface area contributed by atoms with E-state index in [9.17, 15) is 31.5 Å². The maximum Gasteiger partial charge on any atom is 0.495 e. The summed E-state index contributed by atoms with van der Waals surface area (Å²) >= 11 is 0. The van der Waals surface area contributed by atoms with Crippen molar-refractivity contribution < 1.29 is 36.0 Å². The summed E-state index contributed by atoms with van der Waals surface area (Å²) in [6, 6.07) is 0.202. The average molecular weight is 372 g/mol. The van der Waals surface area contributed by atoms with Gasteiger partial charge in [0.1, 0.15) is 0 Å². The molecular weight excluding hydrogens is 351 g/mol. The molecule has 0 heterocycles. The molecule has 2 N–H and O–H groups in total. The molecule has 138 valence electrons. The molecule has 0 saturated carbocycles. The third-order valence-corrected chi connectivity index (χ3v) is 5.47. The molecule has 0 fully saturated rings. The highest BCUT2D eigenvalue weighted by molar-refractivity contribution is 6.57. The summed E-state index contributed by atoms with van der Waals surface area (Å²) in [7, 11) is -2.27. The molecule has 0 spiro atoms. The van der Waals surface area contributed by atoms with E-state index in [0.717, 1.165) is 12.8 Å². The van der Waals surface area contributed by atoms with E-state index >= 15 is 0 Å². The zero-order valence-corrected chi connectivity index (χ0v) is 14.3. The molecule has 1 rings (SSSR count). The fraction of sp³-hybridized carbons (Fsp3) is 0.600. The first-order chi connectivity index (χ1) is 11.2. The van der Waals surface area contributed by atoms with Crippen molar-refractivity contribution in [2.45, 2.75) is 51.0 Å². The normalized spacial score (nSPS) is 12.0. The molecule has 0 bridgehead atoms. The molecule has 1 aromatic rings. The Labute approximate surface area is 138 Å². The quantitative estimate of drug-likeness (QED) is 0.216. The third kappa shape index (κ3) is 5.80. The van der Waals surface area contributed by atoms with E-state index in [1.165, 1.54) is 7.11 Å².